The van der Waals surface area contributed by atoms with Crippen molar-refractivity contribution in [3.05, 3.63) is 12.7 Å². The number of hydrogen-bond donors (Lipinski definition) is 1. The Hall–Kier alpha value is -0.380. The molecule has 3 heteroatoms. The van der Waals surface area contributed by atoms with Crippen molar-refractivity contribution in [3.63, 3.8) is 0 Å². The van der Waals surface area contributed by atoms with Crippen LogP contribution in [0.5, 0.6) is 0 Å². The molecule has 0 aromatic rings. The Morgan fingerprint density at radius 1 is 1.44 bits per heavy atom. The van der Waals surface area contributed by atoms with Crippen molar-refractivity contribution in [1.29, 1.82) is 0 Å². The highest BCUT2D eigenvalue weighted by atomic mass is 16.5. The normalized spacial score (nSPS) is 19.9. The van der Waals surface area contributed by atoms with E-state index in [1.807, 2.05) is 0 Å². The van der Waals surface area contributed by atoms with Gasteiger partial charge in [-0.3, -0.25) is 0 Å². The zero-order valence-electron chi connectivity index (χ0n) is 10.4. The number of aliphatic hydroxyl groups excluding tert-OH is 1. The second-order valence-corrected chi connectivity index (χ2v) is 4.71. The van der Waals surface area contributed by atoms with Gasteiger partial charge in [-0.15, -0.1) is 6.58 Å². The van der Waals surface area contributed by atoms with Crippen LogP contribution in [0, 0.1) is 0 Å². The van der Waals surface area contributed by atoms with Crippen LogP contribution >= 0.6 is 0 Å². The molecule has 1 N–H and O–H groups in total. The topological polar surface area (TPSA) is 32.7 Å². The fourth-order valence-corrected chi connectivity index (χ4v) is 2.34. The third-order valence-corrected chi connectivity index (χ3v) is 3.24. The van der Waals surface area contributed by atoms with Gasteiger partial charge in [0.1, 0.15) is 0 Å². The summed E-state index contributed by atoms with van der Waals surface area (Å²) in [7, 11) is 2.10. The number of nitrogens with zero attached hydrogens (tertiary/aromatic N) is 1. The molecule has 16 heavy (non-hydrogen) atoms. The SMILES string of the molecule is C=CCOC[C@H](O)CN(C)C1CCCCC1. The van der Waals surface area contributed by atoms with Gasteiger partial charge in [-0.1, -0.05) is 25.3 Å². The van der Waals surface area contributed by atoms with Crippen molar-refractivity contribution in [2.45, 2.75) is 44.2 Å². The van der Waals surface area contributed by atoms with Gasteiger partial charge >= 0.3 is 0 Å². The highest BCUT2D eigenvalue weighted by molar-refractivity contribution is 4.75. The summed E-state index contributed by atoms with van der Waals surface area (Å²) in [5, 5.41) is 9.78. The Kier molecular flexibility index (Phi) is 6.69. The standard InChI is InChI=1S/C13H25NO2/c1-3-9-16-11-13(15)10-14(2)12-7-5-4-6-8-12/h3,12-13,15H,1,4-11H2,2H3/t13-/m1/s1. The van der Waals surface area contributed by atoms with E-state index in [1.165, 1.54) is 32.1 Å². The molecule has 0 radical (unpaired) electrons. The monoisotopic (exact) mass is 227 g/mol. The largest absolute Gasteiger partial charge is 0.389 e. The lowest BCUT2D eigenvalue weighted by molar-refractivity contribution is 0.0197. The molecule has 3 nitrogen and oxygen atoms in total. The highest BCUT2D eigenvalue weighted by Crippen LogP contribution is 2.21. The average Bonchev–Trinajstić information content (AvgIpc) is 2.30. The molecule has 0 bridgehead atoms. The highest BCUT2D eigenvalue weighted by Gasteiger charge is 2.19. The predicted molar refractivity (Wildman–Crippen MR) is 66.5 cm³/mol. The zero-order chi connectivity index (χ0) is 11.8. The molecule has 1 aliphatic carbocycles. The average molecular weight is 227 g/mol. The maximum atomic E-state index is 9.78. The summed E-state index contributed by atoms with van der Waals surface area (Å²) in [5.41, 5.74) is 0. The van der Waals surface area contributed by atoms with Crippen molar-refractivity contribution >= 4 is 0 Å². The summed E-state index contributed by atoms with van der Waals surface area (Å²) in [6.45, 7) is 5.21. The Morgan fingerprint density at radius 2 is 2.12 bits per heavy atom. The molecule has 1 saturated carbocycles. The van der Waals surface area contributed by atoms with Crippen LogP contribution < -0.4 is 0 Å². The van der Waals surface area contributed by atoms with E-state index >= 15 is 0 Å². The summed E-state index contributed by atoms with van der Waals surface area (Å²) in [6, 6.07) is 0.655. The van der Waals surface area contributed by atoms with E-state index in [9.17, 15) is 5.11 Å². The molecular formula is C13H25NO2. The third-order valence-electron chi connectivity index (χ3n) is 3.24. The molecule has 0 aliphatic heterocycles. The van der Waals surface area contributed by atoms with E-state index < -0.39 is 0 Å². The van der Waals surface area contributed by atoms with Gasteiger partial charge in [-0.2, -0.15) is 0 Å². The van der Waals surface area contributed by atoms with Crippen molar-refractivity contribution in [3.8, 4) is 0 Å². The first kappa shape index (κ1) is 13.7. The first-order valence-electron chi connectivity index (χ1n) is 6.31. The smallest absolute Gasteiger partial charge is 0.0900 e. The van der Waals surface area contributed by atoms with Gasteiger partial charge in [0.2, 0.25) is 0 Å². The van der Waals surface area contributed by atoms with Crippen LogP contribution in [0.15, 0.2) is 12.7 Å². The van der Waals surface area contributed by atoms with Gasteiger partial charge < -0.3 is 14.7 Å². The maximum absolute atomic E-state index is 9.78. The summed E-state index contributed by atoms with van der Waals surface area (Å²) in [6.07, 6.45) is 7.91. The van der Waals surface area contributed by atoms with E-state index in [2.05, 4.69) is 18.5 Å². The second-order valence-electron chi connectivity index (χ2n) is 4.71. The lowest BCUT2D eigenvalue weighted by Crippen LogP contribution is -2.40. The van der Waals surface area contributed by atoms with Gasteiger partial charge in [0, 0.05) is 12.6 Å². The molecule has 0 aromatic heterocycles. The van der Waals surface area contributed by atoms with Crippen LogP contribution in [0.2, 0.25) is 0 Å². The summed E-state index contributed by atoms with van der Waals surface area (Å²) < 4.78 is 5.24. The third kappa shape index (κ3) is 5.10. The summed E-state index contributed by atoms with van der Waals surface area (Å²) >= 11 is 0. The van der Waals surface area contributed by atoms with Gasteiger partial charge in [-0.25, -0.2) is 0 Å². The second kappa shape index (κ2) is 7.82. The Labute approximate surface area is 99.1 Å². The Balaban J connectivity index is 2.15. The number of likely N-dealkylation sites (N-methyl/N-ethyl adjacent to an activating group) is 1. The van der Waals surface area contributed by atoms with Crippen molar-refractivity contribution < 1.29 is 9.84 Å². The first-order chi connectivity index (χ1) is 7.74. The van der Waals surface area contributed by atoms with Crippen LogP contribution in [0.1, 0.15) is 32.1 Å². The lowest BCUT2D eigenvalue weighted by Gasteiger charge is -2.32. The van der Waals surface area contributed by atoms with Crippen molar-refractivity contribution in [2.24, 2.45) is 0 Å². The van der Waals surface area contributed by atoms with Gasteiger partial charge in [0.15, 0.2) is 0 Å². The van der Waals surface area contributed by atoms with E-state index in [1.54, 1.807) is 6.08 Å². The molecule has 1 fully saturated rings. The summed E-state index contributed by atoms with van der Waals surface area (Å²) in [4.78, 5) is 2.28. The zero-order valence-corrected chi connectivity index (χ0v) is 10.4. The van der Waals surface area contributed by atoms with Crippen LogP contribution in [-0.4, -0.2) is 49.0 Å². The Morgan fingerprint density at radius 3 is 2.75 bits per heavy atom. The summed E-state index contributed by atoms with van der Waals surface area (Å²) in [5.74, 6) is 0. The molecule has 1 rings (SSSR count). The first-order valence-corrected chi connectivity index (χ1v) is 6.31. The molecule has 1 atom stereocenters. The number of ether oxygens (including phenoxy) is 1. The minimum atomic E-state index is -0.383. The van der Waals surface area contributed by atoms with E-state index in [4.69, 9.17) is 4.74 Å². The lowest BCUT2D eigenvalue weighted by atomic mass is 9.94. The number of hydrogen-bond acceptors (Lipinski definition) is 3. The number of rotatable bonds is 7. The van der Waals surface area contributed by atoms with E-state index in [-0.39, 0.29) is 6.10 Å². The van der Waals surface area contributed by atoms with Crippen LogP contribution in [0.3, 0.4) is 0 Å². The molecule has 94 valence electrons. The van der Waals surface area contributed by atoms with Crippen LogP contribution in [0.25, 0.3) is 0 Å². The molecule has 0 unspecified atom stereocenters. The quantitative estimate of drug-likeness (QED) is 0.532. The fourth-order valence-electron chi connectivity index (χ4n) is 2.34. The minimum absolute atomic E-state index is 0.383. The van der Waals surface area contributed by atoms with Crippen molar-refractivity contribution in [2.75, 3.05) is 26.8 Å². The molecule has 1 aliphatic rings. The molecule has 0 heterocycles. The molecular weight excluding hydrogens is 202 g/mol. The number of aliphatic hydroxyl groups is 1. The Bertz CT molecular complexity index is 190. The van der Waals surface area contributed by atoms with Gasteiger partial charge in [-0.05, 0) is 19.9 Å². The van der Waals surface area contributed by atoms with Crippen LogP contribution in [0.4, 0.5) is 0 Å². The molecule has 0 saturated heterocycles. The fraction of sp³-hybridized carbons (Fsp3) is 0.846. The molecule has 0 amide bonds. The van der Waals surface area contributed by atoms with E-state index in [0.29, 0.717) is 25.8 Å². The van der Waals surface area contributed by atoms with Gasteiger partial charge in [0.25, 0.3) is 0 Å². The van der Waals surface area contributed by atoms with Gasteiger partial charge in [0.05, 0.1) is 19.3 Å². The maximum Gasteiger partial charge on any atom is 0.0900 e. The molecule has 0 spiro atoms. The van der Waals surface area contributed by atoms with Crippen LogP contribution in [-0.2, 0) is 4.74 Å². The van der Waals surface area contributed by atoms with Crippen molar-refractivity contribution in [1.82, 2.24) is 4.90 Å². The minimum Gasteiger partial charge on any atom is -0.389 e. The van der Waals surface area contributed by atoms with E-state index in [0.717, 1.165) is 0 Å². The molecule has 0 aromatic carbocycles. The predicted octanol–water partition coefficient (Wildman–Crippen LogP) is 1.81.